The van der Waals surface area contributed by atoms with Crippen molar-refractivity contribution in [1.82, 2.24) is 4.90 Å². The third-order valence-electron chi connectivity index (χ3n) is 2.71. The van der Waals surface area contributed by atoms with Crippen molar-refractivity contribution in [2.75, 3.05) is 18.8 Å². The van der Waals surface area contributed by atoms with Crippen LogP contribution in [0.2, 0.25) is 0 Å². The predicted octanol–water partition coefficient (Wildman–Crippen LogP) is 2.59. The monoisotopic (exact) mass is 259 g/mol. The Labute approximate surface area is 114 Å². The molecule has 102 valence electrons. The molecule has 0 radical (unpaired) electrons. The van der Waals surface area contributed by atoms with Crippen LogP contribution >= 0.6 is 0 Å². The summed E-state index contributed by atoms with van der Waals surface area (Å²) in [5, 5.41) is 8.68. The van der Waals surface area contributed by atoms with Gasteiger partial charge in [-0.15, -0.1) is 0 Å². The van der Waals surface area contributed by atoms with Gasteiger partial charge in [-0.2, -0.15) is 5.26 Å². The maximum absolute atomic E-state index is 12.5. The highest BCUT2D eigenvalue weighted by Gasteiger charge is 2.17. The summed E-state index contributed by atoms with van der Waals surface area (Å²) in [4.78, 5) is 14.2. The first kappa shape index (κ1) is 15.0. The van der Waals surface area contributed by atoms with Crippen molar-refractivity contribution < 1.29 is 4.79 Å². The molecule has 4 heteroatoms. The van der Waals surface area contributed by atoms with Gasteiger partial charge in [0.05, 0.1) is 12.5 Å². The molecule has 0 aliphatic carbocycles. The number of carbonyl (C=O) groups is 1. The second-order valence-electron chi connectivity index (χ2n) is 5.19. The van der Waals surface area contributed by atoms with E-state index in [4.69, 9.17) is 11.0 Å². The summed E-state index contributed by atoms with van der Waals surface area (Å²) in [6, 6.07) is 7.44. The average molecular weight is 259 g/mol. The van der Waals surface area contributed by atoms with Crippen molar-refractivity contribution in [3.8, 4) is 6.07 Å². The van der Waals surface area contributed by atoms with Gasteiger partial charge in [-0.3, -0.25) is 4.79 Å². The normalized spacial score (nSPS) is 10.3. The van der Waals surface area contributed by atoms with Gasteiger partial charge in [0.2, 0.25) is 0 Å². The summed E-state index contributed by atoms with van der Waals surface area (Å²) in [6.07, 6.45) is 0.347. The Morgan fingerprint density at radius 1 is 1.42 bits per heavy atom. The lowest BCUT2D eigenvalue weighted by Crippen LogP contribution is -2.35. The summed E-state index contributed by atoms with van der Waals surface area (Å²) in [5.74, 6) is 0.309. The number of benzene rings is 1. The van der Waals surface area contributed by atoms with E-state index in [0.717, 1.165) is 5.56 Å². The molecule has 4 nitrogen and oxygen atoms in total. The number of aryl methyl sites for hydroxylation is 1. The molecular weight excluding hydrogens is 238 g/mol. The third-order valence-corrected chi connectivity index (χ3v) is 2.71. The van der Waals surface area contributed by atoms with Gasteiger partial charge in [0, 0.05) is 24.3 Å². The molecule has 0 bridgehead atoms. The fraction of sp³-hybridized carbons (Fsp3) is 0.467. The van der Waals surface area contributed by atoms with Crippen molar-refractivity contribution in [1.29, 1.82) is 5.26 Å². The molecular formula is C15H21N3O. The van der Waals surface area contributed by atoms with Gasteiger partial charge < -0.3 is 10.6 Å². The molecule has 0 aliphatic rings. The van der Waals surface area contributed by atoms with Crippen LogP contribution in [0, 0.1) is 24.2 Å². The van der Waals surface area contributed by atoms with Gasteiger partial charge in [-0.05, 0) is 36.6 Å². The molecule has 0 unspecified atom stereocenters. The van der Waals surface area contributed by atoms with E-state index in [1.165, 1.54) is 0 Å². The molecule has 0 spiro atoms. The highest BCUT2D eigenvalue weighted by molar-refractivity contribution is 5.95. The number of carbonyl (C=O) groups excluding carboxylic acids is 1. The Balaban J connectivity index is 2.94. The molecule has 0 saturated carbocycles. The van der Waals surface area contributed by atoms with Crippen LogP contribution in [0.15, 0.2) is 18.2 Å². The molecule has 0 aliphatic heterocycles. The number of amides is 1. The lowest BCUT2D eigenvalue weighted by atomic mass is 10.1. The number of nitrogens with zero attached hydrogens (tertiary/aromatic N) is 2. The van der Waals surface area contributed by atoms with E-state index in [1.807, 2.05) is 19.1 Å². The van der Waals surface area contributed by atoms with Crippen LogP contribution < -0.4 is 5.73 Å². The van der Waals surface area contributed by atoms with Gasteiger partial charge in [0.15, 0.2) is 0 Å². The second kappa shape index (κ2) is 6.79. The van der Waals surface area contributed by atoms with Crippen LogP contribution in [-0.4, -0.2) is 23.9 Å². The summed E-state index contributed by atoms with van der Waals surface area (Å²) in [6.45, 7) is 7.12. The lowest BCUT2D eigenvalue weighted by molar-refractivity contribution is 0.0740. The van der Waals surface area contributed by atoms with E-state index < -0.39 is 0 Å². The van der Waals surface area contributed by atoms with Gasteiger partial charge in [0.1, 0.15) is 0 Å². The molecule has 1 aromatic carbocycles. The Morgan fingerprint density at radius 3 is 2.63 bits per heavy atom. The quantitative estimate of drug-likeness (QED) is 0.826. The molecule has 0 atom stereocenters. The Kier molecular flexibility index (Phi) is 5.37. The lowest BCUT2D eigenvalue weighted by Gasteiger charge is -2.24. The maximum atomic E-state index is 12.5. The highest BCUT2D eigenvalue weighted by atomic mass is 16.2. The minimum absolute atomic E-state index is 0.0562. The van der Waals surface area contributed by atoms with Crippen LogP contribution in [-0.2, 0) is 0 Å². The highest BCUT2D eigenvalue weighted by Crippen LogP contribution is 2.14. The number of hydrogen-bond acceptors (Lipinski definition) is 3. The second-order valence-corrected chi connectivity index (χ2v) is 5.19. The number of anilines is 1. The summed E-state index contributed by atoms with van der Waals surface area (Å²) in [7, 11) is 0. The zero-order chi connectivity index (χ0) is 14.4. The predicted molar refractivity (Wildman–Crippen MR) is 76.6 cm³/mol. The van der Waals surface area contributed by atoms with E-state index in [2.05, 4.69) is 19.9 Å². The molecule has 0 heterocycles. The Bertz CT molecular complexity index is 468. The van der Waals surface area contributed by atoms with Gasteiger partial charge in [-0.1, -0.05) is 13.8 Å². The van der Waals surface area contributed by atoms with E-state index in [-0.39, 0.29) is 5.91 Å². The molecule has 2 N–H and O–H groups in total. The van der Waals surface area contributed by atoms with Crippen LogP contribution in [0.1, 0.15) is 36.2 Å². The van der Waals surface area contributed by atoms with Gasteiger partial charge >= 0.3 is 0 Å². The van der Waals surface area contributed by atoms with Crippen LogP contribution in [0.5, 0.6) is 0 Å². The summed E-state index contributed by atoms with van der Waals surface area (Å²) < 4.78 is 0. The smallest absolute Gasteiger partial charge is 0.253 e. The number of hydrogen-bond donors (Lipinski definition) is 1. The van der Waals surface area contributed by atoms with Crippen LogP contribution in [0.25, 0.3) is 0 Å². The number of nitrogen functional groups attached to an aromatic ring is 1. The van der Waals surface area contributed by atoms with Crippen molar-refractivity contribution >= 4 is 11.6 Å². The molecule has 0 saturated heterocycles. The summed E-state index contributed by atoms with van der Waals surface area (Å²) >= 11 is 0. The minimum Gasteiger partial charge on any atom is -0.399 e. The summed E-state index contributed by atoms with van der Waals surface area (Å²) in [5.41, 5.74) is 7.93. The number of rotatable bonds is 5. The van der Waals surface area contributed by atoms with Crippen LogP contribution in [0.4, 0.5) is 5.69 Å². The largest absolute Gasteiger partial charge is 0.399 e. The van der Waals surface area contributed by atoms with E-state index in [0.29, 0.717) is 36.7 Å². The average Bonchev–Trinajstić information content (AvgIpc) is 2.32. The Morgan fingerprint density at radius 2 is 2.11 bits per heavy atom. The minimum atomic E-state index is -0.0562. The van der Waals surface area contributed by atoms with Crippen molar-refractivity contribution in [3.63, 3.8) is 0 Å². The first-order valence-electron chi connectivity index (χ1n) is 6.47. The fourth-order valence-electron chi connectivity index (χ4n) is 2.02. The SMILES string of the molecule is Cc1cc(N)cc(C(=O)N(CCC#N)CC(C)C)c1. The molecule has 0 fully saturated rings. The first-order valence-corrected chi connectivity index (χ1v) is 6.47. The van der Waals surface area contributed by atoms with Gasteiger partial charge in [0.25, 0.3) is 5.91 Å². The van der Waals surface area contributed by atoms with Crippen molar-refractivity contribution in [3.05, 3.63) is 29.3 Å². The van der Waals surface area contributed by atoms with E-state index in [9.17, 15) is 4.79 Å². The zero-order valence-corrected chi connectivity index (χ0v) is 11.8. The van der Waals surface area contributed by atoms with Gasteiger partial charge in [-0.25, -0.2) is 0 Å². The van der Waals surface area contributed by atoms with Crippen molar-refractivity contribution in [2.24, 2.45) is 5.92 Å². The molecule has 1 aromatic rings. The maximum Gasteiger partial charge on any atom is 0.253 e. The number of nitrogens with two attached hydrogens (primary N) is 1. The first-order chi connectivity index (χ1) is 8.93. The van der Waals surface area contributed by atoms with Crippen LogP contribution in [0.3, 0.4) is 0 Å². The van der Waals surface area contributed by atoms with E-state index in [1.54, 1.807) is 11.0 Å². The number of nitriles is 1. The molecule has 19 heavy (non-hydrogen) atoms. The fourth-order valence-corrected chi connectivity index (χ4v) is 2.02. The zero-order valence-electron chi connectivity index (χ0n) is 11.8. The van der Waals surface area contributed by atoms with Crippen molar-refractivity contribution in [2.45, 2.75) is 27.2 Å². The topological polar surface area (TPSA) is 70.1 Å². The standard InChI is InChI=1S/C15H21N3O/c1-11(2)10-18(6-4-5-16)15(19)13-7-12(3)8-14(17)9-13/h7-9,11H,4,6,10,17H2,1-3H3. The molecule has 0 aromatic heterocycles. The molecule has 1 rings (SSSR count). The Hall–Kier alpha value is -2.02. The third kappa shape index (κ3) is 4.63. The van der Waals surface area contributed by atoms with E-state index >= 15 is 0 Å². The molecule has 1 amide bonds.